The third-order valence-corrected chi connectivity index (χ3v) is 3.69. The van der Waals surface area contributed by atoms with Crippen LogP contribution in [0.5, 0.6) is 0 Å². The second kappa shape index (κ2) is 6.00. The van der Waals surface area contributed by atoms with Crippen molar-refractivity contribution in [3.8, 4) is 0 Å². The molecule has 0 saturated heterocycles. The van der Waals surface area contributed by atoms with Crippen LogP contribution >= 0.6 is 0 Å². The molecule has 88 valence electrons. The first-order chi connectivity index (χ1) is 7.88. The molecular formula is C14H22N2. The lowest BCUT2D eigenvalue weighted by Crippen LogP contribution is -2.28. The number of aromatic nitrogens is 1. The van der Waals surface area contributed by atoms with E-state index in [0.29, 0.717) is 0 Å². The monoisotopic (exact) mass is 218 g/mol. The van der Waals surface area contributed by atoms with Crippen molar-refractivity contribution in [3.05, 3.63) is 30.1 Å². The van der Waals surface area contributed by atoms with E-state index in [-0.39, 0.29) is 0 Å². The highest BCUT2D eigenvalue weighted by atomic mass is 14.9. The number of nitrogens with zero attached hydrogens (tertiary/aromatic N) is 1. The Morgan fingerprint density at radius 1 is 1.44 bits per heavy atom. The number of nitrogens with one attached hydrogen (secondary N) is 1. The maximum absolute atomic E-state index is 4.13. The molecule has 1 aliphatic rings. The molecule has 1 aromatic heterocycles. The minimum atomic E-state index is 0.765. The average molecular weight is 218 g/mol. The molecule has 0 radical (unpaired) electrons. The molecule has 2 heteroatoms. The van der Waals surface area contributed by atoms with E-state index in [4.69, 9.17) is 0 Å². The molecule has 2 rings (SSSR count). The Balaban J connectivity index is 1.65. The maximum Gasteiger partial charge on any atom is 0.0300 e. The van der Waals surface area contributed by atoms with E-state index in [1.807, 2.05) is 18.5 Å². The summed E-state index contributed by atoms with van der Waals surface area (Å²) in [6.07, 6.45) is 10.4. The van der Waals surface area contributed by atoms with Crippen LogP contribution in [0.4, 0.5) is 0 Å². The van der Waals surface area contributed by atoms with Crippen molar-refractivity contribution in [1.82, 2.24) is 10.3 Å². The van der Waals surface area contributed by atoms with Crippen LogP contribution in [0, 0.1) is 5.92 Å². The second-order valence-electron chi connectivity index (χ2n) is 4.85. The first kappa shape index (κ1) is 11.6. The summed E-state index contributed by atoms with van der Waals surface area (Å²) < 4.78 is 0. The van der Waals surface area contributed by atoms with Gasteiger partial charge in [-0.2, -0.15) is 0 Å². The van der Waals surface area contributed by atoms with Gasteiger partial charge >= 0.3 is 0 Å². The Morgan fingerprint density at radius 3 is 3.06 bits per heavy atom. The van der Waals surface area contributed by atoms with Crippen LogP contribution in [-0.4, -0.2) is 17.6 Å². The second-order valence-corrected chi connectivity index (χ2v) is 4.85. The van der Waals surface area contributed by atoms with Crippen molar-refractivity contribution in [2.75, 3.05) is 6.54 Å². The van der Waals surface area contributed by atoms with Gasteiger partial charge in [0.25, 0.3) is 0 Å². The third kappa shape index (κ3) is 3.31. The highest BCUT2D eigenvalue weighted by Crippen LogP contribution is 2.27. The van der Waals surface area contributed by atoms with Gasteiger partial charge in [-0.25, -0.2) is 0 Å². The summed E-state index contributed by atoms with van der Waals surface area (Å²) in [5.41, 5.74) is 1.33. The Kier molecular flexibility index (Phi) is 4.34. The molecule has 1 heterocycles. The fourth-order valence-corrected chi connectivity index (χ4v) is 2.60. The van der Waals surface area contributed by atoms with E-state index < -0.39 is 0 Å². The summed E-state index contributed by atoms with van der Waals surface area (Å²) in [6, 6.07) is 4.93. The van der Waals surface area contributed by atoms with E-state index in [2.05, 4.69) is 23.3 Å². The summed E-state index contributed by atoms with van der Waals surface area (Å²) in [5, 5.41) is 3.67. The van der Waals surface area contributed by atoms with Crippen LogP contribution in [0.15, 0.2) is 24.5 Å². The Hall–Kier alpha value is -0.890. The molecule has 2 nitrogen and oxygen atoms in total. The summed E-state index contributed by atoms with van der Waals surface area (Å²) in [4.78, 5) is 4.13. The van der Waals surface area contributed by atoms with Crippen molar-refractivity contribution in [1.29, 1.82) is 0 Å². The molecule has 1 N–H and O–H groups in total. The largest absolute Gasteiger partial charge is 0.314 e. The van der Waals surface area contributed by atoms with Crippen LogP contribution in [0.2, 0.25) is 0 Å². The Labute approximate surface area is 98.5 Å². The fourth-order valence-electron chi connectivity index (χ4n) is 2.60. The standard InChI is InChI=1S/C14H22N2/c1-2-12-5-6-14(10-12)16-9-7-13-4-3-8-15-11-13/h3-4,8,11-12,14,16H,2,5-7,9-10H2,1H3. The predicted molar refractivity (Wildman–Crippen MR) is 67.4 cm³/mol. The van der Waals surface area contributed by atoms with Gasteiger partial charge in [-0.05, 0) is 49.8 Å². The molecule has 1 aromatic rings. The molecule has 16 heavy (non-hydrogen) atoms. The smallest absolute Gasteiger partial charge is 0.0300 e. The van der Waals surface area contributed by atoms with Crippen molar-refractivity contribution in [2.24, 2.45) is 5.92 Å². The van der Waals surface area contributed by atoms with Gasteiger partial charge in [0.1, 0.15) is 0 Å². The van der Waals surface area contributed by atoms with Gasteiger partial charge in [0.05, 0.1) is 0 Å². The van der Waals surface area contributed by atoms with E-state index in [9.17, 15) is 0 Å². The van der Waals surface area contributed by atoms with Gasteiger partial charge in [0.2, 0.25) is 0 Å². The molecule has 1 saturated carbocycles. The van der Waals surface area contributed by atoms with Crippen molar-refractivity contribution in [2.45, 2.75) is 45.1 Å². The topological polar surface area (TPSA) is 24.9 Å². The molecule has 0 aromatic carbocycles. The van der Waals surface area contributed by atoms with Crippen molar-refractivity contribution in [3.63, 3.8) is 0 Å². The molecule has 1 fully saturated rings. The van der Waals surface area contributed by atoms with Gasteiger partial charge in [0.15, 0.2) is 0 Å². The number of hydrogen-bond donors (Lipinski definition) is 1. The van der Waals surface area contributed by atoms with E-state index in [1.165, 1.54) is 31.2 Å². The summed E-state index contributed by atoms with van der Waals surface area (Å²) >= 11 is 0. The van der Waals surface area contributed by atoms with Gasteiger partial charge < -0.3 is 5.32 Å². The third-order valence-electron chi connectivity index (χ3n) is 3.69. The lowest BCUT2D eigenvalue weighted by Gasteiger charge is -2.12. The van der Waals surface area contributed by atoms with E-state index in [0.717, 1.165) is 24.9 Å². The molecule has 0 bridgehead atoms. The number of hydrogen-bond acceptors (Lipinski definition) is 2. The van der Waals surface area contributed by atoms with Crippen molar-refractivity contribution < 1.29 is 0 Å². The van der Waals surface area contributed by atoms with Gasteiger partial charge in [-0.15, -0.1) is 0 Å². The number of pyridine rings is 1. The van der Waals surface area contributed by atoms with Crippen LogP contribution in [0.3, 0.4) is 0 Å². The minimum Gasteiger partial charge on any atom is -0.314 e. The SMILES string of the molecule is CCC1CCC(NCCc2cccnc2)C1. The fraction of sp³-hybridized carbons (Fsp3) is 0.643. The van der Waals surface area contributed by atoms with Crippen LogP contribution in [-0.2, 0) is 6.42 Å². The summed E-state index contributed by atoms with van der Waals surface area (Å²) in [5.74, 6) is 0.968. The Morgan fingerprint density at radius 2 is 2.38 bits per heavy atom. The van der Waals surface area contributed by atoms with E-state index >= 15 is 0 Å². The van der Waals surface area contributed by atoms with Gasteiger partial charge in [0, 0.05) is 18.4 Å². The Bertz CT molecular complexity index is 297. The van der Waals surface area contributed by atoms with Gasteiger partial charge in [-0.3, -0.25) is 4.98 Å². The van der Waals surface area contributed by atoms with Crippen LogP contribution in [0.1, 0.15) is 38.2 Å². The highest BCUT2D eigenvalue weighted by molar-refractivity contribution is 5.08. The molecule has 0 spiro atoms. The quantitative estimate of drug-likeness (QED) is 0.822. The minimum absolute atomic E-state index is 0.765. The lowest BCUT2D eigenvalue weighted by molar-refractivity contribution is 0.479. The maximum atomic E-state index is 4.13. The highest BCUT2D eigenvalue weighted by Gasteiger charge is 2.22. The first-order valence-corrected chi connectivity index (χ1v) is 6.50. The summed E-state index contributed by atoms with van der Waals surface area (Å²) in [7, 11) is 0. The van der Waals surface area contributed by atoms with Crippen molar-refractivity contribution >= 4 is 0 Å². The zero-order valence-corrected chi connectivity index (χ0v) is 10.2. The molecule has 0 amide bonds. The van der Waals surface area contributed by atoms with Gasteiger partial charge in [-0.1, -0.05) is 19.4 Å². The zero-order valence-electron chi connectivity index (χ0n) is 10.2. The molecule has 2 atom stereocenters. The predicted octanol–water partition coefficient (Wildman–Crippen LogP) is 2.79. The van der Waals surface area contributed by atoms with E-state index in [1.54, 1.807) is 0 Å². The molecule has 0 aliphatic heterocycles. The van der Waals surface area contributed by atoms with Crippen LogP contribution in [0.25, 0.3) is 0 Å². The van der Waals surface area contributed by atoms with Crippen LogP contribution < -0.4 is 5.32 Å². The number of rotatable bonds is 5. The lowest BCUT2D eigenvalue weighted by atomic mass is 10.1. The molecular weight excluding hydrogens is 196 g/mol. The summed E-state index contributed by atoms with van der Waals surface area (Å²) in [6.45, 7) is 3.40. The molecule has 2 unspecified atom stereocenters. The zero-order chi connectivity index (χ0) is 11.2. The average Bonchev–Trinajstić information content (AvgIpc) is 2.78. The first-order valence-electron chi connectivity index (χ1n) is 6.50. The molecule has 1 aliphatic carbocycles. The normalized spacial score (nSPS) is 24.8.